The maximum atomic E-state index is 12.1. The summed E-state index contributed by atoms with van der Waals surface area (Å²) in [6, 6.07) is 0.665. The molecule has 1 N–H and O–H groups in total. The van der Waals surface area contributed by atoms with Gasteiger partial charge in [-0.05, 0) is 56.9 Å². The van der Waals surface area contributed by atoms with Crippen LogP contribution in [0.5, 0.6) is 0 Å². The highest BCUT2D eigenvalue weighted by atomic mass is 16.2. The second-order valence-corrected chi connectivity index (χ2v) is 6.51. The Morgan fingerprint density at radius 2 is 1.72 bits per heavy atom. The number of hydrogen-bond donors (Lipinski definition) is 1. The summed E-state index contributed by atoms with van der Waals surface area (Å²) in [5.41, 5.74) is 0. The Hall–Kier alpha value is -0.570. The molecule has 0 aromatic rings. The average molecular weight is 250 g/mol. The van der Waals surface area contributed by atoms with Crippen LogP contribution in [0.1, 0.15) is 51.4 Å². The summed E-state index contributed by atoms with van der Waals surface area (Å²) in [5, 5.41) is 3.67. The van der Waals surface area contributed by atoms with Crippen molar-refractivity contribution in [2.45, 2.75) is 57.4 Å². The van der Waals surface area contributed by atoms with Crippen LogP contribution in [0.25, 0.3) is 0 Å². The topological polar surface area (TPSA) is 32.3 Å². The fourth-order valence-electron chi connectivity index (χ4n) is 3.06. The smallest absolute Gasteiger partial charge is 0.222 e. The third-order valence-electron chi connectivity index (χ3n) is 4.93. The summed E-state index contributed by atoms with van der Waals surface area (Å²) in [6.45, 7) is 3.17. The van der Waals surface area contributed by atoms with Crippen LogP contribution in [0, 0.1) is 11.8 Å². The van der Waals surface area contributed by atoms with Crippen LogP contribution in [0.4, 0.5) is 0 Å². The molecule has 0 spiro atoms. The van der Waals surface area contributed by atoms with Crippen molar-refractivity contribution in [2.75, 3.05) is 19.6 Å². The second kappa shape index (κ2) is 5.60. The minimum atomic E-state index is 0.417. The predicted molar refractivity (Wildman–Crippen MR) is 72.3 cm³/mol. The van der Waals surface area contributed by atoms with Crippen molar-refractivity contribution >= 4 is 5.91 Å². The third-order valence-corrected chi connectivity index (χ3v) is 4.93. The molecule has 0 bridgehead atoms. The van der Waals surface area contributed by atoms with Gasteiger partial charge >= 0.3 is 0 Å². The predicted octanol–water partition coefficient (Wildman–Crippen LogP) is 2.17. The molecule has 0 radical (unpaired) electrons. The third kappa shape index (κ3) is 3.25. The van der Waals surface area contributed by atoms with Gasteiger partial charge in [-0.3, -0.25) is 4.79 Å². The summed E-state index contributed by atoms with van der Waals surface area (Å²) >= 11 is 0. The Kier molecular flexibility index (Phi) is 3.88. The first-order valence-electron chi connectivity index (χ1n) is 7.82. The van der Waals surface area contributed by atoms with E-state index < -0.39 is 0 Å². The van der Waals surface area contributed by atoms with Crippen LogP contribution in [0.2, 0.25) is 0 Å². The molecule has 2 aliphatic carbocycles. The lowest BCUT2D eigenvalue weighted by atomic mass is 9.82. The summed E-state index contributed by atoms with van der Waals surface area (Å²) in [7, 11) is 0. The minimum Gasteiger partial charge on any atom is -0.343 e. The number of nitrogens with one attached hydrogen (secondary N) is 1. The van der Waals surface area contributed by atoms with Crippen molar-refractivity contribution in [1.82, 2.24) is 10.2 Å². The highest BCUT2D eigenvalue weighted by Crippen LogP contribution is 2.30. The number of nitrogens with zero attached hydrogens (tertiary/aromatic N) is 1. The molecule has 1 heterocycles. The molecule has 0 aromatic heterocycles. The van der Waals surface area contributed by atoms with Gasteiger partial charge in [-0.15, -0.1) is 0 Å². The summed E-state index contributed by atoms with van der Waals surface area (Å²) in [5.74, 6) is 2.09. The van der Waals surface area contributed by atoms with Crippen molar-refractivity contribution < 1.29 is 4.79 Å². The highest BCUT2D eigenvalue weighted by molar-refractivity contribution is 5.76. The molecule has 0 unspecified atom stereocenters. The van der Waals surface area contributed by atoms with Crippen molar-refractivity contribution in [3.63, 3.8) is 0 Å². The fourth-order valence-corrected chi connectivity index (χ4v) is 3.06. The lowest BCUT2D eigenvalue weighted by Gasteiger charge is -2.34. The van der Waals surface area contributed by atoms with Gasteiger partial charge in [-0.25, -0.2) is 0 Å². The molecule has 0 atom stereocenters. The molecule has 3 rings (SSSR count). The van der Waals surface area contributed by atoms with Crippen LogP contribution in [0.15, 0.2) is 0 Å². The van der Waals surface area contributed by atoms with Gasteiger partial charge in [0.2, 0.25) is 5.91 Å². The molecule has 0 aromatic carbocycles. The van der Waals surface area contributed by atoms with E-state index >= 15 is 0 Å². The van der Waals surface area contributed by atoms with Crippen molar-refractivity contribution in [3.05, 3.63) is 0 Å². The zero-order chi connectivity index (χ0) is 12.4. The molecular formula is C15H26N2O. The maximum Gasteiger partial charge on any atom is 0.222 e. The van der Waals surface area contributed by atoms with E-state index in [0.29, 0.717) is 17.9 Å². The van der Waals surface area contributed by atoms with Crippen molar-refractivity contribution in [1.29, 1.82) is 0 Å². The van der Waals surface area contributed by atoms with E-state index in [9.17, 15) is 4.79 Å². The van der Waals surface area contributed by atoms with Gasteiger partial charge < -0.3 is 10.2 Å². The van der Waals surface area contributed by atoms with E-state index in [2.05, 4.69) is 10.2 Å². The molecule has 2 saturated carbocycles. The zero-order valence-electron chi connectivity index (χ0n) is 11.4. The molecule has 3 fully saturated rings. The standard InChI is InChI=1S/C15H26N2O/c18-15(10-12-2-1-3-12)17-8-6-14(7-9-17)16-11-13-4-5-13/h12-14,16H,1-11H2. The zero-order valence-corrected chi connectivity index (χ0v) is 11.4. The first kappa shape index (κ1) is 12.5. The number of piperidine rings is 1. The van der Waals surface area contributed by atoms with Crippen molar-refractivity contribution in [2.24, 2.45) is 11.8 Å². The molecule has 1 aliphatic heterocycles. The molecule has 3 nitrogen and oxygen atoms in total. The Bertz CT molecular complexity index is 289. The van der Waals surface area contributed by atoms with Gasteiger partial charge in [0, 0.05) is 25.6 Å². The summed E-state index contributed by atoms with van der Waals surface area (Å²) in [6.07, 6.45) is 9.88. The first-order chi connectivity index (χ1) is 8.81. The molecule has 3 aliphatic rings. The van der Waals surface area contributed by atoms with E-state index in [1.807, 2.05) is 0 Å². The monoisotopic (exact) mass is 250 g/mol. The normalized spacial score (nSPS) is 26.1. The van der Waals surface area contributed by atoms with Crippen molar-refractivity contribution in [3.8, 4) is 0 Å². The average Bonchev–Trinajstić information content (AvgIpc) is 3.16. The minimum absolute atomic E-state index is 0.417. The largest absolute Gasteiger partial charge is 0.343 e. The van der Waals surface area contributed by atoms with Crippen LogP contribution in [0.3, 0.4) is 0 Å². The number of carbonyl (C=O) groups is 1. The molecule has 1 amide bonds. The quantitative estimate of drug-likeness (QED) is 0.811. The lowest BCUT2D eigenvalue weighted by Crippen LogP contribution is -2.45. The number of hydrogen-bond acceptors (Lipinski definition) is 2. The SMILES string of the molecule is O=C(CC1CCC1)N1CCC(NCC2CC2)CC1. The highest BCUT2D eigenvalue weighted by Gasteiger charge is 2.28. The fraction of sp³-hybridized carbons (Fsp3) is 0.933. The Balaban J connectivity index is 1.34. The molecule has 3 heteroatoms. The lowest BCUT2D eigenvalue weighted by molar-refractivity contribution is -0.133. The van der Waals surface area contributed by atoms with Gasteiger partial charge in [0.05, 0.1) is 0 Å². The number of likely N-dealkylation sites (tertiary alicyclic amines) is 1. The van der Waals surface area contributed by atoms with E-state index in [4.69, 9.17) is 0 Å². The summed E-state index contributed by atoms with van der Waals surface area (Å²) < 4.78 is 0. The maximum absolute atomic E-state index is 12.1. The second-order valence-electron chi connectivity index (χ2n) is 6.51. The van der Waals surface area contributed by atoms with E-state index in [0.717, 1.165) is 38.3 Å². The Morgan fingerprint density at radius 1 is 1.00 bits per heavy atom. The van der Waals surface area contributed by atoms with Gasteiger partial charge in [0.15, 0.2) is 0 Å². The van der Waals surface area contributed by atoms with Gasteiger partial charge in [0.25, 0.3) is 0 Å². The van der Waals surface area contributed by atoms with E-state index in [-0.39, 0.29) is 0 Å². The number of carbonyl (C=O) groups excluding carboxylic acids is 1. The Morgan fingerprint density at radius 3 is 2.28 bits per heavy atom. The summed E-state index contributed by atoms with van der Waals surface area (Å²) in [4.78, 5) is 14.2. The molecule has 102 valence electrons. The molecule has 18 heavy (non-hydrogen) atoms. The van der Waals surface area contributed by atoms with Crippen LogP contribution < -0.4 is 5.32 Å². The number of amides is 1. The molecule has 1 saturated heterocycles. The van der Waals surface area contributed by atoms with Crippen LogP contribution in [-0.2, 0) is 4.79 Å². The van der Waals surface area contributed by atoms with Gasteiger partial charge in [-0.2, -0.15) is 0 Å². The van der Waals surface area contributed by atoms with Crippen LogP contribution >= 0.6 is 0 Å². The first-order valence-corrected chi connectivity index (χ1v) is 7.82. The molecular weight excluding hydrogens is 224 g/mol. The van der Waals surface area contributed by atoms with Gasteiger partial charge in [0.1, 0.15) is 0 Å². The van der Waals surface area contributed by atoms with Gasteiger partial charge in [-0.1, -0.05) is 6.42 Å². The number of rotatable bonds is 5. The van der Waals surface area contributed by atoms with E-state index in [1.54, 1.807) is 0 Å². The Labute approximate surface area is 110 Å². The van der Waals surface area contributed by atoms with Crippen LogP contribution in [-0.4, -0.2) is 36.5 Å². The van der Waals surface area contributed by atoms with E-state index in [1.165, 1.54) is 38.6 Å².